The molecule has 3 saturated heterocycles. The highest BCUT2D eigenvalue weighted by Gasteiger charge is 2.60. The van der Waals surface area contributed by atoms with E-state index in [1.165, 1.54) is 7.11 Å². The summed E-state index contributed by atoms with van der Waals surface area (Å²) in [5.41, 5.74) is 0.128. The van der Waals surface area contributed by atoms with Gasteiger partial charge in [0.05, 0.1) is 49.3 Å². The van der Waals surface area contributed by atoms with Gasteiger partial charge in [-0.05, 0) is 69.2 Å². The van der Waals surface area contributed by atoms with Crippen molar-refractivity contribution in [3.05, 3.63) is 59.3 Å². The topological polar surface area (TPSA) is 181 Å². The van der Waals surface area contributed by atoms with Crippen molar-refractivity contribution < 1.29 is 67.9 Å². The zero-order valence-electron chi connectivity index (χ0n) is 38.4. The maximum Gasteiger partial charge on any atom is 0.316 e. The second-order valence-corrected chi connectivity index (χ2v) is 18.7. The summed E-state index contributed by atoms with van der Waals surface area (Å²) < 4.78 is 56.5. The standard InChI is InChI=1S/C48H74O14/c1-11-26(2)43-29(5)17-19-47(62-43)24-35-22-34(61-47)16-15-28(4)42(56-20-18-37(54-9)44(31(7)49)60-39-23-38(55-10)41(51)32(8)58-39)27(3)13-12-14-33-25-57-45-40(50)30(6)21-36(46(52)59-35)48(33,45)53/h12-15,17,19,21,26-27,29,31-32,34-45,49-51,53H,11,16,18,20,22-25H2,1-10H3/b13-12+,28-15+,33-14+. The monoisotopic (exact) mass is 875 g/mol. The van der Waals surface area contributed by atoms with Gasteiger partial charge in [0.15, 0.2) is 12.1 Å². The molecule has 14 heteroatoms. The molecule has 350 valence electrons. The van der Waals surface area contributed by atoms with Crippen molar-refractivity contribution >= 4 is 5.97 Å². The molecule has 5 aliphatic heterocycles. The van der Waals surface area contributed by atoms with Crippen molar-refractivity contribution in [2.45, 2.75) is 185 Å². The van der Waals surface area contributed by atoms with E-state index < -0.39 is 90.6 Å². The number of hydrogen-bond donors (Lipinski definition) is 4. The largest absolute Gasteiger partial charge is 0.462 e. The molecular formula is C48H74O14. The van der Waals surface area contributed by atoms with Crippen LogP contribution in [0.3, 0.4) is 0 Å². The first-order chi connectivity index (χ1) is 29.4. The molecule has 5 heterocycles. The van der Waals surface area contributed by atoms with E-state index in [1.807, 2.05) is 25.2 Å². The fourth-order valence-corrected chi connectivity index (χ4v) is 10.2. The minimum atomic E-state index is -1.84. The Morgan fingerprint density at radius 2 is 1.76 bits per heavy atom. The molecule has 1 aliphatic carbocycles. The number of carbonyl (C=O) groups excluding carboxylic acids is 1. The Labute approximate surface area is 368 Å². The molecule has 19 atom stereocenters. The first-order valence-corrected chi connectivity index (χ1v) is 22.8. The van der Waals surface area contributed by atoms with E-state index in [0.29, 0.717) is 36.8 Å². The van der Waals surface area contributed by atoms with Crippen LogP contribution in [-0.4, -0.2) is 145 Å². The second kappa shape index (κ2) is 20.9. The number of aliphatic hydroxyl groups excluding tert-OH is 3. The van der Waals surface area contributed by atoms with Crippen LogP contribution < -0.4 is 0 Å². The van der Waals surface area contributed by atoms with E-state index in [9.17, 15) is 25.2 Å². The summed E-state index contributed by atoms with van der Waals surface area (Å²) in [4.78, 5) is 14.3. The molecule has 3 fully saturated rings. The minimum absolute atomic E-state index is 0.0272. The number of hydrogen-bond acceptors (Lipinski definition) is 14. The third-order valence-corrected chi connectivity index (χ3v) is 14.1. The van der Waals surface area contributed by atoms with E-state index in [-0.39, 0.29) is 49.6 Å². The Hall–Kier alpha value is -2.31. The minimum Gasteiger partial charge on any atom is -0.462 e. The first-order valence-electron chi connectivity index (χ1n) is 22.8. The van der Waals surface area contributed by atoms with Crippen LogP contribution in [0.5, 0.6) is 0 Å². The second-order valence-electron chi connectivity index (χ2n) is 18.7. The Balaban J connectivity index is 1.28. The Bertz CT molecular complexity index is 1670. The van der Waals surface area contributed by atoms with Gasteiger partial charge in [-0.25, -0.2) is 0 Å². The summed E-state index contributed by atoms with van der Waals surface area (Å²) in [5, 5.41) is 45.0. The number of rotatable bonds is 12. The Kier molecular flexibility index (Phi) is 16.6. The van der Waals surface area contributed by atoms with Gasteiger partial charge in [0.2, 0.25) is 0 Å². The highest BCUT2D eigenvalue weighted by atomic mass is 16.7. The predicted octanol–water partition coefficient (Wildman–Crippen LogP) is 5.01. The summed E-state index contributed by atoms with van der Waals surface area (Å²) in [5.74, 6) is -2.56. The van der Waals surface area contributed by atoms with Crippen LogP contribution in [0.25, 0.3) is 0 Å². The highest BCUT2D eigenvalue weighted by Crippen LogP contribution is 2.47. The highest BCUT2D eigenvalue weighted by molar-refractivity contribution is 5.78. The van der Waals surface area contributed by atoms with Gasteiger partial charge in [0, 0.05) is 51.9 Å². The van der Waals surface area contributed by atoms with Crippen LogP contribution in [0, 0.1) is 23.7 Å². The molecule has 2 bridgehead atoms. The third-order valence-electron chi connectivity index (χ3n) is 14.1. The number of carbonyl (C=O) groups is 1. The van der Waals surface area contributed by atoms with Crippen molar-refractivity contribution in [3.63, 3.8) is 0 Å². The van der Waals surface area contributed by atoms with Gasteiger partial charge >= 0.3 is 5.97 Å². The van der Waals surface area contributed by atoms with Gasteiger partial charge in [-0.2, -0.15) is 0 Å². The van der Waals surface area contributed by atoms with Crippen LogP contribution >= 0.6 is 0 Å². The fraction of sp³-hybridized carbons (Fsp3) is 0.771. The van der Waals surface area contributed by atoms with E-state index in [0.717, 1.165) is 12.0 Å². The van der Waals surface area contributed by atoms with Crippen molar-refractivity contribution in [2.75, 3.05) is 27.4 Å². The lowest BCUT2D eigenvalue weighted by molar-refractivity contribution is -0.300. The fourth-order valence-electron chi connectivity index (χ4n) is 10.2. The number of fused-ring (bicyclic) bond motifs is 2. The van der Waals surface area contributed by atoms with Gasteiger partial charge in [0.25, 0.3) is 0 Å². The molecule has 1 spiro atoms. The number of methoxy groups -OCH3 is 2. The molecule has 6 rings (SSSR count). The maximum atomic E-state index is 14.3. The lowest BCUT2D eigenvalue weighted by Crippen LogP contribution is -2.58. The van der Waals surface area contributed by atoms with Crippen molar-refractivity contribution in [2.24, 2.45) is 23.7 Å². The van der Waals surface area contributed by atoms with Crippen molar-refractivity contribution in [1.82, 2.24) is 0 Å². The van der Waals surface area contributed by atoms with E-state index in [2.05, 4.69) is 39.8 Å². The maximum absolute atomic E-state index is 14.3. The average molecular weight is 875 g/mol. The lowest BCUT2D eigenvalue weighted by Gasteiger charge is -2.48. The summed E-state index contributed by atoms with van der Waals surface area (Å²) in [6, 6.07) is 0. The number of aliphatic hydroxyl groups is 4. The summed E-state index contributed by atoms with van der Waals surface area (Å²) in [7, 11) is 3.11. The summed E-state index contributed by atoms with van der Waals surface area (Å²) >= 11 is 0. The third kappa shape index (κ3) is 10.5. The van der Waals surface area contributed by atoms with Crippen molar-refractivity contribution in [3.8, 4) is 0 Å². The molecule has 14 nitrogen and oxygen atoms in total. The van der Waals surface area contributed by atoms with Gasteiger partial charge in [-0.3, -0.25) is 4.79 Å². The molecule has 6 aliphatic rings. The smallest absolute Gasteiger partial charge is 0.316 e. The Morgan fingerprint density at radius 1 is 1.00 bits per heavy atom. The molecule has 0 radical (unpaired) electrons. The van der Waals surface area contributed by atoms with Gasteiger partial charge in [-0.15, -0.1) is 0 Å². The van der Waals surface area contributed by atoms with Crippen LogP contribution in [0.1, 0.15) is 93.9 Å². The first kappa shape index (κ1) is 49.1. The normalized spacial score (nSPS) is 44.5. The SMILES string of the molecule is CCC(C)C1OC2(C=CC1C)CC1CC(C/C=C(\C)C(OCCC(OC)C(OC3CC(OC)C(O)C(C)O3)C(C)O)C(C)/C=C/C=C3\COC4C(O)C(C)=CC(C(=O)O1)C34O)O2. The Morgan fingerprint density at radius 3 is 2.45 bits per heavy atom. The summed E-state index contributed by atoms with van der Waals surface area (Å²) in [6.07, 6.45) is 7.89. The molecular weight excluding hydrogens is 801 g/mol. The molecule has 4 N–H and O–H groups in total. The average Bonchev–Trinajstić information content (AvgIpc) is 3.58. The van der Waals surface area contributed by atoms with Gasteiger partial charge in [-0.1, -0.05) is 70.6 Å². The van der Waals surface area contributed by atoms with E-state index in [1.54, 1.807) is 40.0 Å². The quantitative estimate of drug-likeness (QED) is 0.152. The molecule has 0 saturated carbocycles. The van der Waals surface area contributed by atoms with Gasteiger partial charge in [0.1, 0.15) is 42.0 Å². The van der Waals surface area contributed by atoms with Crippen LogP contribution in [0.15, 0.2) is 59.3 Å². The number of esters is 1. The molecule has 0 amide bonds. The predicted molar refractivity (Wildman–Crippen MR) is 230 cm³/mol. The van der Waals surface area contributed by atoms with Crippen LogP contribution in [0.2, 0.25) is 0 Å². The molecule has 0 aromatic heterocycles. The molecule has 19 unspecified atom stereocenters. The summed E-state index contributed by atoms with van der Waals surface area (Å²) in [6.45, 7) is 16.0. The zero-order chi connectivity index (χ0) is 45.1. The van der Waals surface area contributed by atoms with E-state index in [4.69, 9.17) is 42.6 Å². The zero-order valence-corrected chi connectivity index (χ0v) is 38.4. The lowest BCUT2D eigenvalue weighted by atomic mass is 9.71. The van der Waals surface area contributed by atoms with E-state index >= 15 is 0 Å². The number of allylic oxidation sites excluding steroid dienone is 2. The molecule has 0 aromatic carbocycles. The number of ether oxygens (including phenoxy) is 9. The van der Waals surface area contributed by atoms with Gasteiger partial charge < -0.3 is 63.1 Å². The van der Waals surface area contributed by atoms with Crippen LogP contribution in [0.4, 0.5) is 0 Å². The van der Waals surface area contributed by atoms with Crippen molar-refractivity contribution in [1.29, 1.82) is 0 Å². The molecule has 62 heavy (non-hydrogen) atoms. The molecule has 0 aromatic rings. The van der Waals surface area contributed by atoms with Crippen LogP contribution in [-0.2, 0) is 47.4 Å².